The van der Waals surface area contributed by atoms with Crippen molar-refractivity contribution >= 4 is 38.9 Å². The number of aromatic hydroxyl groups is 1. The van der Waals surface area contributed by atoms with Gasteiger partial charge in [0.1, 0.15) is 10.8 Å². The fourth-order valence-electron chi connectivity index (χ4n) is 1.48. The van der Waals surface area contributed by atoms with Crippen molar-refractivity contribution in [2.45, 2.75) is 6.92 Å². The molecule has 3 aromatic rings. The Labute approximate surface area is 114 Å². The molecule has 1 N–H and O–H groups in total. The molecule has 0 aliphatic rings. The summed E-state index contributed by atoms with van der Waals surface area (Å²) in [5.74, 6) is 1.03. The number of phenols is 1. The molecule has 2 aromatic heterocycles. The molecular weight excluding hydrogens is 351 g/mol. The van der Waals surface area contributed by atoms with Gasteiger partial charge in [0.15, 0.2) is 5.82 Å². The average Bonchev–Trinajstić information content (AvgIpc) is 2.86. The van der Waals surface area contributed by atoms with Gasteiger partial charge >= 0.3 is 0 Å². The van der Waals surface area contributed by atoms with E-state index < -0.39 is 0 Å². The highest BCUT2D eigenvalue weighted by molar-refractivity contribution is 14.1. The molecule has 0 bridgehead atoms. The number of aromatic nitrogens is 4. The van der Waals surface area contributed by atoms with Gasteiger partial charge in [-0.2, -0.15) is 9.61 Å². The van der Waals surface area contributed by atoms with E-state index in [0.717, 1.165) is 24.9 Å². The van der Waals surface area contributed by atoms with Crippen molar-refractivity contribution in [2.75, 3.05) is 0 Å². The summed E-state index contributed by atoms with van der Waals surface area (Å²) in [6.07, 6.45) is 0. The second kappa shape index (κ2) is 3.91. The molecule has 0 amide bonds. The summed E-state index contributed by atoms with van der Waals surface area (Å²) in [5.41, 5.74) is 0.887. The number of phenolic OH excluding ortho intramolecular Hbond substituents is 1. The van der Waals surface area contributed by atoms with Crippen LogP contribution in [-0.4, -0.2) is 24.9 Å². The monoisotopic (exact) mass is 358 g/mol. The molecule has 0 saturated carbocycles. The first-order chi connectivity index (χ1) is 8.15. The molecule has 0 spiro atoms. The first kappa shape index (κ1) is 10.9. The summed E-state index contributed by atoms with van der Waals surface area (Å²) < 4.78 is 2.53. The van der Waals surface area contributed by atoms with Gasteiger partial charge in [0.05, 0.1) is 3.57 Å². The van der Waals surface area contributed by atoms with E-state index in [4.69, 9.17) is 0 Å². The summed E-state index contributed by atoms with van der Waals surface area (Å²) in [6.45, 7) is 1.86. The minimum atomic E-state index is 0.269. The summed E-state index contributed by atoms with van der Waals surface area (Å²) in [4.78, 5) is 0.760. The molecule has 0 radical (unpaired) electrons. The zero-order chi connectivity index (χ0) is 12.0. The first-order valence-electron chi connectivity index (χ1n) is 4.83. The van der Waals surface area contributed by atoms with Crippen LogP contribution in [0.25, 0.3) is 15.5 Å². The topological polar surface area (TPSA) is 63.3 Å². The quantitative estimate of drug-likeness (QED) is 0.679. The van der Waals surface area contributed by atoms with Gasteiger partial charge < -0.3 is 5.11 Å². The van der Waals surface area contributed by atoms with E-state index in [0.29, 0.717) is 0 Å². The highest BCUT2D eigenvalue weighted by atomic mass is 127. The van der Waals surface area contributed by atoms with Crippen molar-refractivity contribution in [1.29, 1.82) is 0 Å². The van der Waals surface area contributed by atoms with Crippen molar-refractivity contribution in [2.24, 2.45) is 0 Å². The van der Waals surface area contributed by atoms with Crippen LogP contribution in [0.4, 0.5) is 0 Å². The molecule has 0 unspecified atom stereocenters. The summed E-state index contributed by atoms with van der Waals surface area (Å²) in [6, 6.07) is 5.51. The Morgan fingerprint density at radius 3 is 2.88 bits per heavy atom. The van der Waals surface area contributed by atoms with Crippen molar-refractivity contribution in [3.63, 3.8) is 0 Å². The highest BCUT2D eigenvalue weighted by Crippen LogP contribution is 2.30. The number of halogens is 1. The normalized spacial score (nSPS) is 11.2. The third-order valence-corrected chi connectivity index (χ3v) is 4.20. The SMILES string of the molecule is Cc1nnc2sc(-c3ccc(I)c(O)c3)nn12. The molecule has 3 rings (SSSR count). The molecule has 7 heteroatoms. The standard InChI is InChI=1S/C10H7IN4OS/c1-5-12-13-10-15(5)14-9(17-10)6-2-3-7(11)8(16)4-6/h2-4,16H,1H3. The lowest BCUT2D eigenvalue weighted by molar-refractivity contribution is 0.472. The predicted molar refractivity (Wildman–Crippen MR) is 73.2 cm³/mol. The molecule has 0 aliphatic heterocycles. The first-order valence-corrected chi connectivity index (χ1v) is 6.72. The van der Waals surface area contributed by atoms with E-state index >= 15 is 0 Å². The number of hydrogen-bond donors (Lipinski definition) is 1. The number of rotatable bonds is 1. The van der Waals surface area contributed by atoms with E-state index in [1.54, 1.807) is 10.6 Å². The maximum atomic E-state index is 9.68. The number of benzene rings is 1. The Bertz CT molecular complexity index is 705. The molecule has 5 nitrogen and oxygen atoms in total. The Hall–Kier alpha value is -1.22. The van der Waals surface area contributed by atoms with Crippen LogP contribution in [-0.2, 0) is 0 Å². The fourth-order valence-corrected chi connectivity index (χ4v) is 2.69. The molecule has 0 aliphatic carbocycles. The lowest BCUT2D eigenvalue weighted by Crippen LogP contribution is -1.88. The van der Waals surface area contributed by atoms with Crippen LogP contribution in [0.15, 0.2) is 18.2 Å². The van der Waals surface area contributed by atoms with Crippen LogP contribution in [0.5, 0.6) is 5.75 Å². The van der Waals surface area contributed by atoms with Gasteiger partial charge in [-0.1, -0.05) is 17.4 Å². The van der Waals surface area contributed by atoms with Gasteiger partial charge in [0.2, 0.25) is 4.96 Å². The van der Waals surface area contributed by atoms with Gasteiger partial charge in [-0.05, 0) is 41.6 Å². The largest absolute Gasteiger partial charge is 0.507 e. The van der Waals surface area contributed by atoms with Crippen LogP contribution < -0.4 is 0 Å². The minimum Gasteiger partial charge on any atom is -0.507 e. The smallest absolute Gasteiger partial charge is 0.234 e. The minimum absolute atomic E-state index is 0.269. The van der Waals surface area contributed by atoms with Crippen LogP contribution >= 0.6 is 33.9 Å². The third kappa shape index (κ3) is 1.78. The van der Waals surface area contributed by atoms with E-state index in [9.17, 15) is 5.11 Å². The Morgan fingerprint density at radius 1 is 1.35 bits per heavy atom. The Kier molecular flexibility index (Phi) is 2.51. The fraction of sp³-hybridized carbons (Fsp3) is 0.100. The van der Waals surface area contributed by atoms with Crippen molar-refractivity contribution in [3.05, 3.63) is 27.6 Å². The van der Waals surface area contributed by atoms with Crippen molar-refractivity contribution < 1.29 is 5.11 Å². The Balaban J connectivity index is 2.16. The average molecular weight is 358 g/mol. The van der Waals surface area contributed by atoms with Crippen molar-refractivity contribution in [3.8, 4) is 16.3 Å². The second-order valence-corrected chi connectivity index (χ2v) is 5.63. The molecule has 0 atom stereocenters. The number of fused-ring (bicyclic) bond motifs is 1. The van der Waals surface area contributed by atoms with E-state index in [2.05, 4.69) is 37.9 Å². The maximum absolute atomic E-state index is 9.68. The van der Waals surface area contributed by atoms with E-state index in [1.807, 2.05) is 19.1 Å². The zero-order valence-electron chi connectivity index (χ0n) is 8.75. The second-order valence-electron chi connectivity index (χ2n) is 3.51. The molecule has 0 saturated heterocycles. The van der Waals surface area contributed by atoms with Gasteiger partial charge in [-0.15, -0.1) is 10.2 Å². The van der Waals surface area contributed by atoms with Crippen LogP contribution in [0.2, 0.25) is 0 Å². The highest BCUT2D eigenvalue weighted by Gasteiger charge is 2.11. The number of nitrogens with zero attached hydrogens (tertiary/aromatic N) is 4. The van der Waals surface area contributed by atoms with Gasteiger partial charge in [-0.25, -0.2) is 0 Å². The van der Waals surface area contributed by atoms with Crippen LogP contribution in [0.3, 0.4) is 0 Å². The molecule has 0 fully saturated rings. The molecule has 1 aromatic carbocycles. The summed E-state index contributed by atoms with van der Waals surface area (Å²) >= 11 is 3.53. The van der Waals surface area contributed by atoms with Gasteiger partial charge in [0.25, 0.3) is 0 Å². The molecular formula is C10H7IN4OS. The van der Waals surface area contributed by atoms with Crippen LogP contribution in [0.1, 0.15) is 5.82 Å². The van der Waals surface area contributed by atoms with Gasteiger partial charge in [0, 0.05) is 5.56 Å². The predicted octanol–water partition coefficient (Wildman–Crippen LogP) is 2.47. The lowest BCUT2D eigenvalue weighted by atomic mass is 10.2. The van der Waals surface area contributed by atoms with E-state index in [-0.39, 0.29) is 5.75 Å². The maximum Gasteiger partial charge on any atom is 0.234 e. The molecule has 2 heterocycles. The molecule has 86 valence electrons. The van der Waals surface area contributed by atoms with Crippen LogP contribution in [0, 0.1) is 10.5 Å². The number of aryl methyl sites for hydroxylation is 1. The lowest BCUT2D eigenvalue weighted by Gasteiger charge is -1.99. The summed E-state index contributed by atoms with van der Waals surface area (Å²) in [7, 11) is 0. The summed E-state index contributed by atoms with van der Waals surface area (Å²) in [5, 5.41) is 22.9. The van der Waals surface area contributed by atoms with E-state index in [1.165, 1.54) is 11.3 Å². The Morgan fingerprint density at radius 2 is 2.18 bits per heavy atom. The third-order valence-electron chi connectivity index (χ3n) is 2.34. The number of hydrogen-bond acceptors (Lipinski definition) is 5. The van der Waals surface area contributed by atoms with Gasteiger partial charge in [-0.3, -0.25) is 0 Å². The zero-order valence-corrected chi connectivity index (χ0v) is 11.7. The van der Waals surface area contributed by atoms with Crippen molar-refractivity contribution in [1.82, 2.24) is 19.8 Å². The molecule has 17 heavy (non-hydrogen) atoms.